The summed E-state index contributed by atoms with van der Waals surface area (Å²) >= 11 is 0. The summed E-state index contributed by atoms with van der Waals surface area (Å²) in [5.74, 6) is 0. The summed E-state index contributed by atoms with van der Waals surface area (Å²) in [4.78, 5) is 4.89. The minimum atomic E-state index is 0.276. The highest BCUT2D eigenvalue weighted by molar-refractivity contribution is 5.25. The van der Waals surface area contributed by atoms with Crippen molar-refractivity contribution in [2.75, 3.05) is 39.3 Å². The third-order valence-corrected chi connectivity index (χ3v) is 3.75. The van der Waals surface area contributed by atoms with Crippen molar-refractivity contribution >= 4 is 0 Å². The van der Waals surface area contributed by atoms with E-state index in [2.05, 4.69) is 41.0 Å². The molecule has 3 heteroatoms. The molecule has 0 amide bonds. The summed E-state index contributed by atoms with van der Waals surface area (Å²) in [5.41, 5.74) is 2.82. The van der Waals surface area contributed by atoms with Gasteiger partial charge >= 0.3 is 0 Å². The SMILES string of the molecule is Cc1ccccc1CN1CCCN(CCO)CC1. The van der Waals surface area contributed by atoms with Crippen LogP contribution in [0.4, 0.5) is 0 Å². The van der Waals surface area contributed by atoms with Crippen LogP contribution in [0.2, 0.25) is 0 Å². The second kappa shape index (κ2) is 6.88. The largest absolute Gasteiger partial charge is 0.395 e. The normalized spacial score (nSPS) is 18.8. The fourth-order valence-electron chi connectivity index (χ4n) is 2.58. The van der Waals surface area contributed by atoms with Crippen LogP contribution in [-0.2, 0) is 6.54 Å². The Morgan fingerprint density at radius 3 is 2.56 bits per heavy atom. The number of rotatable bonds is 4. The van der Waals surface area contributed by atoms with Gasteiger partial charge in [0.05, 0.1) is 6.61 Å². The molecule has 1 aromatic rings. The smallest absolute Gasteiger partial charge is 0.0558 e. The summed E-state index contributed by atoms with van der Waals surface area (Å²) in [6, 6.07) is 8.64. The van der Waals surface area contributed by atoms with E-state index in [-0.39, 0.29) is 6.61 Å². The van der Waals surface area contributed by atoms with E-state index in [9.17, 15) is 0 Å². The van der Waals surface area contributed by atoms with Gasteiger partial charge in [-0.05, 0) is 37.6 Å². The summed E-state index contributed by atoms with van der Waals surface area (Å²) in [6.07, 6.45) is 1.20. The van der Waals surface area contributed by atoms with E-state index in [1.165, 1.54) is 17.5 Å². The molecule has 1 heterocycles. The molecule has 1 fully saturated rings. The van der Waals surface area contributed by atoms with Crippen molar-refractivity contribution in [1.29, 1.82) is 0 Å². The Kier molecular flexibility index (Phi) is 5.17. The number of benzene rings is 1. The van der Waals surface area contributed by atoms with Crippen LogP contribution in [0.25, 0.3) is 0 Å². The number of aliphatic hydroxyl groups is 1. The fraction of sp³-hybridized carbons (Fsp3) is 0.600. The third-order valence-electron chi connectivity index (χ3n) is 3.75. The minimum Gasteiger partial charge on any atom is -0.395 e. The number of hydrogen-bond donors (Lipinski definition) is 1. The van der Waals surface area contributed by atoms with E-state index in [0.29, 0.717) is 0 Å². The second-order valence-electron chi connectivity index (χ2n) is 5.12. The van der Waals surface area contributed by atoms with Crippen molar-refractivity contribution in [2.45, 2.75) is 19.9 Å². The molecule has 0 aromatic heterocycles. The van der Waals surface area contributed by atoms with Crippen LogP contribution in [0.5, 0.6) is 0 Å². The van der Waals surface area contributed by atoms with Crippen LogP contribution in [-0.4, -0.2) is 54.2 Å². The molecule has 18 heavy (non-hydrogen) atoms. The molecular formula is C15H24N2O. The van der Waals surface area contributed by atoms with Crippen LogP contribution in [0.1, 0.15) is 17.5 Å². The van der Waals surface area contributed by atoms with Gasteiger partial charge in [-0.2, -0.15) is 0 Å². The first kappa shape index (κ1) is 13.5. The Morgan fingerprint density at radius 1 is 1.06 bits per heavy atom. The van der Waals surface area contributed by atoms with Gasteiger partial charge in [0.1, 0.15) is 0 Å². The lowest BCUT2D eigenvalue weighted by Crippen LogP contribution is -2.32. The van der Waals surface area contributed by atoms with Gasteiger partial charge in [-0.25, -0.2) is 0 Å². The molecule has 1 aliphatic rings. The van der Waals surface area contributed by atoms with Gasteiger partial charge in [0.2, 0.25) is 0 Å². The molecule has 1 aliphatic heterocycles. The quantitative estimate of drug-likeness (QED) is 0.874. The zero-order chi connectivity index (χ0) is 12.8. The van der Waals surface area contributed by atoms with Crippen LogP contribution in [0.3, 0.4) is 0 Å². The zero-order valence-corrected chi connectivity index (χ0v) is 11.3. The van der Waals surface area contributed by atoms with Gasteiger partial charge in [-0.1, -0.05) is 24.3 Å². The topological polar surface area (TPSA) is 26.7 Å². The maximum absolute atomic E-state index is 8.99. The molecule has 0 unspecified atom stereocenters. The first-order valence-electron chi connectivity index (χ1n) is 6.89. The van der Waals surface area contributed by atoms with Crippen molar-refractivity contribution in [2.24, 2.45) is 0 Å². The highest BCUT2D eigenvalue weighted by Crippen LogP contribution is 2.12. The predicted octanol–water partition coefficient (Wildman–Crippen LogP) is 1.50. The van der Waals surface area contributed by atoms with E-state index < -0.39 is 0 Å². The summed E-state index contributed by atoms with van der Waals surface area (Å²) in [7, 11) is 0. The number of nitrogens with zero attached hydrogens (tertiary/aromatic N) is 2. The highest BCUT2D eigenvalue weighted by Gasteiger charge is 2.14. The number of β-amino-alcohol motifs (C(OH)–C–C–N with tert-alkyl or cyclic N) is 1. The van der Waals surface area contributed by atoms with Crippen LogP contribution in [0.15, 0.2) is 24.3 Å². The zero-order valence-electron chi connectivity index (χ0n) is 11.3. The molecule has 0 bridgehead atoms. The molecule has 0 atom stereocenters. The van der Waals surface area contributed by atoms with Gasteiger partial charge in [-0.15, -0.1) is 0 Å². The maximum atomic E-state index is 8.99. The Morgan fingerprint density at radius 2 is 1.78 bits per heavy atom. The van der Waals surface area contributed by atoms with Gasteiger partial charge in [0, 0.05) is 26.2 Å². The Bertz CT molecular complexity index is 367. The van der Waals surface area contributed by atoms with Crippen LogP contribution >= 0.6 is 0 Å². The number of aryl methyl sites for hydroxylation is 1. The molecule has 0 aliphatic carbocycles. The summed E-state index contributed by atoms with van der Waals surface area (Å²) in [6.45, 7) is 8.79. The molecule has 0 saturated carbocycles. The number of hydrogen-bond acceptors (Lipinski definition) is 3. The van der Waals surface area contributed by atoms with E-state index in [0.717, 1.165) is 39.3 Å². The average Bonchev–Trinajstić information content (AvgIpc) is 2.59. The lowest BCUT2D eigenvalue weighted by atomic mass is 10.1. The average molecular weight is 248 g/mol. The lowest BCUT2D eigenvalue weighted by molar-refractivity contribution is 0.196. The van der Waals surface area contributed by atoms with E-state index in [4.69, 9.17) is 5.11 Å². The maximum Gasteiger partial charge on any atom is 0.0558 e. The van der Waals surface area contributed by atoms with Crippen LogP contribution < -0.4 is 0 Å². The molecular weight excluding hydrogens is 224 g/mol. The fourth-order valence-corrected chi connectivity index (χ4v) is 2.58. The van der Waals surface area contributed by atoms with Gasteiger partial charge in [0.15, 0.2) is 0 Å². The Balaban J connectivity index is 1.89. The molecule has 0 spiro atoms. The van der Waals surface area contributed by atoms with Crippen LogP contribution in [0, 0.1) is 6.92 Å². The molecule has 3 nitrogen and oxygen atoms in total. The summed E-state index contributed by atoms with van der Waals surface area (Å²) in [5, 5.41) is 8.99. The first-order valence-corrected chi connectivity index (χ1v) is 6.89. The third kappa shape index (κ3) is 3.80. The molecule has 2 rings (SSSR count). The molecule has 1 aromatic carbocycles. The second-order valence-corrected chi connectivity index (χ2v) is 5.12. The monoisotopic (exact) mass is 248 g/mol. The summed E-state index contributed by atoms with van der Waals surface area (Å²) < 4.78 is 0. The number of aliphatic hydroxyl groups excluding tert-OH is 1. The van der Waals surface area contributed by atoms with Gasteiger partial charge in [0.25, 0.3) is 0 Å². The van der Waals surface area contributed by atoms with Crippen molar-refractivity contribution in [3.63, 3.8) is 0 Å². The molecule has 1 N–H and O–H groups in total. The highest BCUT2D eigenvalue weighted by atomic mass is 16.3. The predicted molar refractivity (Wildman–Crippen MR) is 74.6 cm³/mol. The Labute approximate surface area is 110 Å². The first-order chi connectivity index (χ1) is 8.79. The van der Waals surface area contributed by atoms with Gasteiger partial charge < -0.3 is 5.11 Å². The minimum absolute atomic E-state index is 0.276. The van der Waals surface area contributed by atoms with E-state index >= 15 is 0 Å². The van der Waals surface area contributed by atoms with Gasteiger partial charge in [-0.3, -0.25) is 9.80 Å². The van der Waals surface area contributed by atoms with Crippen molar-refractivity contribution in [1.82, 2.24) is 9.80 Å². The van der Waals surface area contributed by atoms with Crippen molar-refractivity contribution in [3.8, 4) is 0 Å². The lowest BCUT2D eigenvalue weighted by Gasteiger charge is -2.22. The van der Waals surface area contributed by atoms with Crippen molar-refractivity contribution in [3.05, 3.63) is 35.4 Å². The van der Waals surface area contributed by atoms with E-state index in [1.54, 1.807) is 0 Å². The Hall–Kier alpha value is -0.900. The van der Waals surface area contributed by atoms with E-state index in [1.807, 2.05) is 0 Å². The molecule has 1 saturated heterocycles. The molecule has 0 radical (unpaired) electrons. The molecule has 100 valence electrons. The standard InChI is InChI=1S/C15H24N2O/c1-14-5-2-3-6-15(14)13-17-8-4-7-16(9-10-17)11-12-18/h2-3,5-6,18H,4,7-13H2,1H3. The van der Waals surface area contributed by atoms with Crippen molar-refractivity contribution < 1.29 is 5.11 Å².